The van der Waals surface area contributed by atoms with E-state index in [1.807, 2.05) is 47.6 Å². The van der Waals surface area contributed by atoms with Gasteiger partial charge in [0.25, 0.3) is 6.01 Å². The van der Waals surface area contributed by atoms with Crippen LogP contribution in [0.5, 0.6) is 0 Å². The van der Waals surface area contributed by atoms with Gasteiger partial charge >= 0.3 is 0 Å². The Morgan fingerprint density at radius 1 is 1.11 bits per heavy atom. The van der Waals surface area contributed by atoms with Crippen LogP contribution in [-0.2, 0) is 15.8 Å². The number of anilines is 1. The zero-order valence-corrected chi connectivity index (χ0v) is 21.5. The highest BCUT2D eigenvalue weighted by molar-refractivity contribution is 7.82. The van der Waals surface area contributed by atoms with Crippen LogP contribution in [0.3, 0.4) is 0 Å². The number of carbonyl (C=O) groups is 1. The second-order valence-corrected chi connectivity index (χ2v) is 11.6. The molecular weight excluding hydrogens is 484 g/mol. The average Bonchev–Trinajstić information content (AvgIpc) is 3.50. The van der Waals surface area contributed by atoms with Gasteiger partial charge in [0.15, 0.2) is 5.58 Å². The van der Waals surface area contributed by atoms with Crippen LogP contribution in [0, 0.1) is 18.8 Å². The summed E-state index contributed by atoms with van der Waals surface area (Å²) in [5.41, 5.74) is 2.67. The number of hydrogen-bond donors (Lipinski definition) is 1. The Morgan fingerprint density at radius 3 is 2.63 bits per heavy atom. The number of halogens is 1. The Labute approximate surface area is 213 Å². The van der Waals surface area contributed by atoms with Crippen LogP contribution in [0.2, 0.25) is 5.02 Å². The molecule has 35 heavy (non-hydrogen) atoms. The van der Waals surface area contributed by atoms with Crippen LogP contribution >= 0.6 is 11.6 Å². The summed E-state index contributed by atoms with van der Waals surface area (Å²) in [6, 6.07) is 13.9. The maximum atomic E-state index is 12.8. The maximum absolute atomic E-state index is 12.8. The number of nitrogens with zero attached hydrogens (tertiary/aromatic N) is 3. The van der Waals surface area contributed by atoms with Crippen molar-refractivity contribution < 1.29 is 13.4 Å². The zero-order valence-electron chi connectivity index (χ0n) is 19.9. The number of benzene rings is 2. The number of aryl methyl sites for hydroxylation is 1. The van der Waals surface area contributed by atoms with Gasteiger partial charge in [0.1, 0.15) is 16.5 Å². The summed E-state index contributed by atoms with van der Waals surface area (Å²) in [4.78, 5) is 20.1. The van der Waals surface area contributed by atoms with Gasteiger partial charge in [-0.3, -0.25) is 4.79 Å². The lowest BCUT2D eigenvalue weighted by atomic mass is 9.96. The molecule has 7 nitrogen and oxygen atoms in total. The van der Waals surface area contributed by atoms with Gasteiger partial charge < -0.3 is 14.6 Å². The predicted octanol–water partition coefficient (Wildman–Crippen LogP) is 4.56. The van der Waals surface area contributed by atoms with Crippen LogP contribution < -0.4 is 10.2 Å². The second kappa shape index (κ2) is 10.7. The van der Waals surface area contributed by atoms with E-state index in [-0.39, 0.29) is 11.8 Å². The number of carbonyl (C=O) groups excluding carboxylic acids is 1. The van der Waals surface area contributed by atoms with E-state index in [9.17, 15) is 9.00 Å². The molecule has 186 valence electrons. The predicted molar refractivity (Wildman–Crippen MR) is 139 cm³/mol. The van der Waals surface area contributed by atoms with E-state index in [1.54, 1.807) is 6.07 Å². The summed E-state index contributed by atoms with van der Waals surface area (Å²) in [5, 5.41) is 3.79. The van der Waals surface area contributed by atoms with E-state index in [1.165, 1.54) is 0 Å². The molecule has 1 amide bonds. The number of amides is 1. The highest BCUT2D eigenvalue weighted by Gasteiger charge is 2.29. The molecule has 1 N–H and O–H groups in total. The van der Waals surface area contributed by atoms with Gasteiger partial charge in [0.05, 0.1) is 4.90 Å². The fourth-order valence-corrected chi connectivity index (χ4v) is 6.31. The van der Waals surface area contributed by atoms with Crippen LogP contribution in [0.25, 0.3) is 11.1 Å². The van der Waals surface area contributed by atoms with Gasteiger partial charge in [-0.05, 0) is 68.4 Å². The minimum absolute atomic E-state index is 0.0937. The lowest BCUT2D eigenvalue weighted by Crippen LogP contribution is -2.39. The summed E-state index contributed by atoms with van der Waals surface area (Å²) in [6.07, 6.45) is 3.35. The van der Waals surface area contributed by atoms with Gasteiger partial charge in [0.2, 0.25) is 5.91 Å². The van der Waals surface area contributed by atoms with Crippen molar-refractivity contribution in [2.24, 2.45) is 11.8 Å². The van der Waals surface area contributed by atoms with E-state index in [0.717, 1.165) is 60.5 Å². The lowest BCUT2D eigenvalue weighted by molar-refractivity contribution is -0.122. The third-order valence-electron chi connectivity index (χ3n) is 6.99. The van der Waals surface area contributed by atoms with E-state index >= 15 is 0 Å². The zero-order chi connectivity index (χ0) is 24.4. The first-order valence-electron chi connectivity index (χ1n) is 12.3. The summed E-state index contributed by atoms with van der Waals surface area (Å²) in [7, 11) is -1.16. The molecule has 9 heteroatoms. The van der Waals surface area contributed by atoms with Crippen molar-refractivity contribution in [3.63, 3.8) is 0 Å². The molecule has 0 spiro atoms. The molecular formula is C26H31ClN4O3S. The number of nitrogens with one attached hydrogen (secondary N) is 1. The Morgan fingerprint density at radius 2 is 1.86 bits per heavy atom. The quantitative estimate of drug-likeness (QED) is 0.500. The molecule has 0 aliphatic carbocycles. The largest absolute Gasteiger partial charge is 0.423 e. The molecule has 0 saturated carbocycles. The molecule has 0 radical (unpaired) electrons. The van der Waals surface area contributed by atoms with Crippen molar-refractivity contribution in [3.05, 3.63) is 53.1 Å². The first-order valence-corrected chi connectivity index (χ1v) is 13.7. The highest BCUT2D eigenvalue weighted by Crippen LogP contribution is 2.28. The molecule has 0 bridgehead atoms. The van der Waals surface area contributed by atoms with Crippen molar-refractivity contribution in [3.8, 4) is 0 Å². The third-order valence-corrected chi connectivity index (χ3v) is 8.70. The summed E-state index contributed by atoms with van der Waals surface area (Å²) < 4.78 is 20.7. The standard InChI is InChI=1S/C26H31ClN4O3S/c1-18-2-5-22(6-3-18)35(33)31-13-10-20(17-31)14-25(32)28-16-19-8-11-30(12-9-19)26-29-23-15-21(27)4-7-24(23)34-26/h2-7,15,19-20H,8-14,16-17H2,1H3,(H,28,32). The van der Waals surface area contributed by atoms with Crippen molar-refractivity contribution >= 4 is 45.6 Å². The SMILES string of the molecule is Cc1ccc(S(=O)N2CCC(CC(=O)NCC3CCN(c4nc5cc(Cl)ccc5o4)CC3)C2)cc1. The van der Waals surface area contributed by atoms with Crippen molar-refractivity contribution in [1.29, 1.82) is 0 Å². The second-order valence-electron chi connectivity index (χ2n) is 9.65. The fraction of sp³-hybridized carbons (Fsp3) is 0.462. The Hall–Kier alpha value is -2.42. The van der Waals surface area contributed by atoms with Crippen molar-refractivity contribution in [2.75, 3.05) is 37.6 Å². The number of hydrogen-bond acceptors (Lipinski definition) is 5. The Bertz CT molecular complexity index is 1210. The average molecular weight is 515 g/mol. The van der Waals surface area contributed by atoms with E-state index in [4.69, 9.17) is 16.0 Å². The highest BCUT2D eigenvalue weighted by atomic mass is 35.5. The van der Waals surface area contributed by atoms with E-state index in [0.29, 0.717) is 36.5 Å². The van der Waals surface area contributed by atoms with Gasteiger partial charge in [-0.25, -0.2) is 8.51 Å². The Balaban J connectivity index is 1.04. The van der Waals surface area contributed by atoms with Crippen LogP contribution in [-0.4, -0.2) is 52.1 Å². The summed E-state index contributed by atoms with van der Waals surface area (Å²) in [5.74, 6) is 0.790. The molecule has 2 unspecified atom stereocenters. The number of oxazole rings is 1. The molecule has 3 heterocycles. The normalized spacial score (nSPS) is 20.4. The molecule has 1 aromatic heterocycles. The van der Waals surface area contributed by atoms with Gasteiger partial charge in [-0.1, -0.05) is 29.3 Å². The van der Waals surface area contributed by atoms with E-state index in [2.05, 4.69) is 15.2 Å². The van der Waals surface area contributed by atoms with Gasteiger partial charge in [-0.15, -0.1) is 0 Å². The minimum Gasteiger partial charge on any atom is -0.423 e. The maximum Gasteiger partial charge on any atom is 0.298 e. The van der Waals surface area contributed by atoms with Gasteiger partial charge in [-0.2, -0.15) is 4.98 Å². The van der Waals surface area contributed by atoms with Gasteiger partial charge in [0, 0.05) is 44.2 Å². The molecule has 2 fully saturated rings. The molecule has 2 aromatic carbocycles. The molecule has 2 aliphatic rings. The first-order chi connectivity index (χ1) is 16.9. The number of piperidine rings is 1. The summed E-state index contributed by atoms with van der Waals surface area (Å²) in [6.45, 7) is 5.88. The molecule has 5 rings (SSSR count). The van der Waals surface area contributed by atoms with Crippen LogP contribution in [0.1, 0.15) is 31.2 Å². The third kappa shape index (κ3) is 5.88. The fourth-order valence-electron chi connectivity index (χ4n) is 4.86. The molecule has 2 saturated heterocycles. The number of fused-ring (bicyclic) bond motifs is 1. The topological polar surface area (TPSA) is 78.7 Å². The summed E-state index contributed by atoms with van der Waals surface area (Å²) >= 11 is 6.05. The lowest BCUT2D eigenvalue weighted by Gasteiger charge is -2.31. The van der Waals surface area contributed by atoms with Crippen LogP contribution in [0.4, 0.5) is 6.01 Å². The first kappa shape index (κ1) is 24.3. The molecule has 2 aliphatic heterocycles. The Kier molecular flexibility index (Phi) is 7.41. The van der Waals surface area contributed by atoms with Crippen molar-refractivity contribution in [2.45, 2.75) is 37.5 Å². The smallest absolute Gasteiger partial charge is 0.298 e. The van der Waals surface area contributed by atoms with Crippen molar-refractivity contribution in [1.82, 2.24) is 14.6 Å². The number of aromatic nitrogens is 1. The minimum atomic E-state index is -1.16. The van der Waals surface area contributed by atoms with E-state index < -0.39 is 11.0 Å². The number of rotatable bonds is 7. The monoisotopic (exact) mass is 514 g/mol. The molecule has 3 aromatic rings. The van der Waals surface area contributed by atoms with Crippen LogP contribution in [0.15, 0.2) is 51.8 Å². The molecule has 2 atom stereocenters.